The third kappa shape index (κ3) is 5.56. The van der Waals surface area contributed by atoms with Crippen LogP contribution >= 0.6 is 11.6 Å². The number of carbonyl (C=O) groups is 2. The number of nitrogens with one attached hydrogen (secondary N) is 1. The molecule has 5 nitrogen and oxygen atoms in total. The Labute approximate surface area is 224 Å². The van der Waals surface area contributed by atoms with E-state index in [0.29, 0.717) is 26.1 Å². The molecule has 3 atom stereocenters. The zero-order valence-corrected chi connectivity index (χ0v) is 21.3. The SMILES string of the molecule is O=C(N[C@@H](CCN1CC2CN(C(=O)c3c(F)cccc3Cl)CC2C1)c1ccccc1)c1ccc(F)c(F)c1. The van der Waals surface area contributed by atoms with E-state index in [1.54, 1.807) is 4.90 Å². The molecule has 0 aromatic heterocycles. The van der Waals surface area contributed by atoms with Gasteiger partial charge in [0.15, 0.2) is 11.6 Å². The van der Waals surface area contributed by atoms with Crippen LogP contribution in [0.15, 0.2) is 66.7 Å². The Balaban J connectivity index is 1.20. The smallest absolute Gasteiger partial charge is 0.258 e. The molecule has 2 aliphatic heterocycles. The van der Waals surface area contributed by atoms with Crippen molar-refractivity contribution in [1.82, 2.24) is 15.1 Å². The number of rotatable bonds is 7. The zero-order valence-electron chi connectivity index (χ0n) is 20.5. The number of carbonyl (C=O) groups excluding carboxylic acids is 2. The van der Waals surface area contributed by atoms with Gasteiger partial charge in [-0.3, -0.25) is 9.59 Å². The van der Waals surface area contributed by atoms with Crippen LogP contribution < -0.4 is 5.32 Å². The van der Waals surface area contributed by atoms with Crippen LogP contribution in [-0.4, -0.2) is 54.3 Å². The predicted octanol–water partition coefficient (Wildman–Crippen LogP) is 5.32. The Morgan fingerprint density at radius 1 is 0.868 bits per heavy atom. The molecule has 0 bridgehead atoms. The van der Waals surface area contributed by atoms with Crippen molar-refractivity contribution < 1.29 is 22.8 Å². The van der Waals surface area contributed by atoms with E-state index in [1.165, 1.54) is 24.3 Å². The van der Waals surface area contributed by atoms with E-state index in [-0.39, 0.29) is 39.9 Å². The van der Waals surface area contributed by atoms with Crippen molar-refractivity contribution in [3.8, 4) is 0 Å². The molecule has 38 heavy (non-hydrogen) atoms. The van der Waals surface area contributed by atoms with Crippen LogP contribution in [0.5, 0.6) is 0 Å². The van der Waals surface area contributed by atoms with Gasteiger partial charge in [-0.05, 0) is 54.2 Å². The first-order valence-electron chi connectivity index (χ1n) is 12.6. The van der Waals surface area contributed by atoms with Gasteiger partial charge >= 0.3 is 0 Å². The van der Waals surface area contributed by atoms with Crippen molar-refractivity contribution >= 4 is 23.4 Å². The lowest BCUT2D eigenvalue weighted by atomic mass is 10.0. The summed E-state index contributed by atoms with van der Waals surface area (Å²) in [5, 5.41) is 3.08. The second-order valence-electron chi connectivity index (χ2n) is 9.94. The summed E-state index contributed by atoms with van der Waals surface area (Å²) in [5.41, 5.74) is 0.898. The Hall–Kier alpha value is -3.36. The van der Waals surface area contributed by atoms with Gasteiger partial charge < -0.3 is 15.1 Å². The molecule has 198 valence electrons. The average molecular weight is 542 g/mol. The molecule has 2 fully saturated rings. The van der Waals surface area contributed by atoms with Gasteiger partial charge in [-0.15, -0.1) is 0 Å². The number of hydrogen-bond acceptors (Lipinski definition) is 3. The van der Waals surface area contributed by atoms with E-state index < -0.39 is 23.4 Å². The molecule has 0 aliphatic carbocycles. The number of halogens is 4. The number of fused-ring (bicyclic) bond motifs is 1. The summed E-state index contributed by atoms with van der Waals surface area (Å²) in [6, 6.07) is 16.5. The van der Waals surface area contributed by atoms with Crippen LogP contribution in [0.2, 0.25) is 5.02 Å². The highest BCUT2D eigenvalue weighted by molar-refractivity contribution is 6.33. The molecule has 2 heterocycles. The van der Waals surface area contributed by atoms with Crippen LogP contribution in [0.4, 0.5) is 13.2 Å². The van der Waals surface area contributed by atoms with Gasteiger partial charge in [0, 0.05) is 38.3 Å². The Morgan fingerprint density at radius 3 is 2.24 bits per heavy atom. The first-order valence-corrected chi connectivity index (χ1v) is 12.9. The van der Waals surface area contributed by atoms with E-state index in [0.717, 1.165) is 30.8 Å². The summed E-state index contributed by atoms with van der Waals surface area (Å²) >= 11 is 6.10. The summed E-state index contributed by atoms with van der Waals surface area (Å²) < 4.78 is 41.2. The van der Waals surface area contributed by atoms with Gasteiger partial charge in [-0.2, -0.15) is 0 Å². The second-order valence-corrected chi connectivity index (χ2v) is 10.3. The van der Waals surface area contributed by atoms with E-state index in [4.69, 9.17) is 11.6 Å². The van der Waals surface area contributed by atoms with E-state index in [9.17, 15) is 22.8 Å². The quantitative estimate of drug-likeness (QED) is 0.440. The topological polar surface area (TPSA) is 52.7 Å². The van der Waals surface area contributed by atoms with Crippen LogP contribution in [0, 0.1) is 29.3 Å². The van der Waals surface area contributed by atoms with Gasteiger partial charge in [0.2, 0.25) is 0 Å². The summed E-state index contributed by atoms with van der Waals surface area (Å²) in [6.45, 7) is 3.37. The molecule has 0 spiro atoms. The van der Waals surface area contributed by atoms with Crippen molar-refractivity contribution in [3.05, 3.63) is 106 Å². The summed E-state index contributed by atoms with van der Waals surface area (Å²) in [7, 11) is 0. The van der Waals surface area contributed by atoms with Gasteiger partial charge in [0.1, 0.15) is 5.82 Å². The Morgan fingerprint density at radius 2 is 1.58 bits per heavy atom. The molecule has 0 radical (unpaired) electrons. The Bertz CT molecular complexity index is 1310. The molecule has 9 heteroatoms. The molecule has 3 aromatic rings. The fourth-order valence-corrected chi connectivity index (χ4v) is 5.74. The van der Waals surface area contributed by atoms with Gasteiger partial charge in [-0.1, -0.05) is 48.0 Å². The molecular weight excluding hydrogens is 515 g/mol. The van der Waals surface area contributed by atoms with E-state index >= 15 is 0 Å². The van der Waals surface area contributed by atoms with Gasteiger partial charge in [0.25, 0.3) is 11.8 Å². The lowest BCUT2D eigenvalue weighted by Crippen LogP contribution is -2.35. The molecule has 2 amide bonds. The summed E-state index contributed by atoms with van der Waals surface area (Å²) in [4.78, 5) is 29.8. The molecule has 3 aromatic carbocycles. The van der Waals surface area contributed by atoms with E-state index in [2.05, 4.69) is 10.2 Å². The van der Waals surface area contributed by atoms with Crippen molar-refractivity contribution in [1.29, 1.82) is 0 Å². The number of likely N-dealkylation sites (tertiary alicyclic amines) is 2. The minimum atomic E-state index is -1.07. The monoisotopic (exact) mass is 541 g/mol. The second kappa shape index (κ2) is 11.2. The van der Waals surface area contributed by atoms with Crippen molar-refractivity contribution in [3.63, 3.8) is 0 Å². The normalized spacial score (nSPS) is 19.8. The fraction of sp³-hybridized carbons (Fsp3) is 0.310. The molecular formula is C29H27ClF3N3O2. The first-order chi connectivity index (χ1) is 18.3. The van der Waals surface area contributed by atoms with E-state index in [1.807, 2.05) is 30.3 Å². The molecule has 5 rings (SSSR count). The van der Waals surface area contributed by atoms with Gasteiger partial charge in [0.05, 0.1) is 16.6 Å². The van der Waals surface area contributed by atoms with Gasteiger partial charge in [-0.25, -0.2) is 13.2 Å². The lowest BCUT2D eigenvalue weighted by molar-refractivity contribution is 0.0769. The predicted molar refractivity (Wildman–Crippen MR) is 138 cm³/mol. The fourth-order valence-electron chi connectivity index (χ4n) is 5.50. The number of nitrogens with zero attached hydrogens (tertiary/aromatic N) is 2. The first kappa shape index (κ1) is 26.3. The summed E-state index contributed by atoms with van der Waals surface area (Å²) in [6.07, 6.45) is 0.617. The third-order valence-corrected chi connectivity index (χ3v) is 7.76. The molecule has 2 unspecified atom stereocenters. The molecule has 1 N–H and O–H groups in total. The largest absolute Gasteiger partial charge is 0.345 e. The highest BCUT2D eigenvalue weighted by Crippen LogP contribution is 2.34. The van der Waals surface area contributed by atoms with Crippen molar-refractivity contribution in [2.24, 2.45) is 11.8 Å². The van der Waals surface area contributed by atoms with Crippen LogP contribution in [0.25, 0.3) is 0 Å². The maximum Gasteiger partial charge on any atom is 0.258 e. The van der Waals surface area contributed by atoms with Crippen LogP contribution in [0.3, 0.4) is 0 Å². The maximum atomic E-state index is 14.3. The number of benzene rings is 3. The van der Waals surface area contributed by atoms with Crippen molar-refractivity contribution in [2.45, 2.75) is 12.5 Å². The maximum absolute atomic E-state index is 14.3. The third-order valence-electron chi connectivity index (χ3n) is 7.45. The highest BCUT2D eigenvalue weighted by atomic mass is 35.5. The zero-order chi connectivity index (χ0) is 26.8. The standard InChI is InChI=1S/C29H27ClF3N3O2/c30-22-7-4-8-24(32)27(22)29(38)36-16-20-14-35(15-21(20)17-36)12-11-26(18-5-2-1-3-6-18)34-28(37)19-9-10-23(31)25(33)13-19/h1-10,13,20-21,26H,11-12,14-17H2,(H,34,37)/t20?,21?,26-/m0/s1. The average Bonchev–Trinajstić information content (AvgIpc) is 3.47. The minimum absolute atomic E-state index is 0.0558. The molecule has 2 aliphatic rings. The number of amides is 2. The minimum Gasteiger partial charge on any atom is -0.345 e. The lowest BCUT2D eigenvalue weighted by Gasteiger charge is -2.25. The Kier molecular flexibility index (Phi) is 7.72. The summed E-state index contributed by atoms with van der Waals surface area (Å²) in [5.74, 6) is -2.98. The highest BCUT2D eigenvalue weighted by Gasteiger charge is 2.42. The number of hydrogen-bond donors (Lipinski definition) is 1. The van der Waals surface area contributed by atoms with Crippen LogP contribution in [0.1, 0.15) is 38.7 Å². The molecule has 2 saturated heterocycles. The van der Waals surface area contributed by atoms with Crippen molar-refractivity contribution in [2.75, 3.05) is 32.7 Å². The van der Waals surface area contributed by atoms with Crippen LogP contribution in [-0.2, 0) is 0 Å². The molecule has 0 saturated carbocycles.